The molecule has 1 N–H and O–H groups in total. The Bertz CT molecular complexity index is 933. The first-order valence-corrected chi connectivity index (χ1v) is 7.86. The highest BCUT2D eigenvalue weighted by Gasteiger charge is 2.37. The summed E-state index contributed by atoms with van der Waals surface area (Å²) in [5.41, 5.74) is -2.58. The zero-order valence-corrected chi connectivity index (χ0v) is 14.2. The van der Waals surface area contributed by atoms with Crippen LogP contribution in [0.25, 0.3) is 0 Å². The van der Waals surface area contributed by atoms with E-state index in [-0.39, 0.29) is 24.1 Å². The van der Waals surface area contributed by atoms with Crippen molar-refractivity contribution in [3.05, 3.63) is 58.7 Å². The van der Waals surface area contributed by atoms with Gasteiger partial charge in [-0.25, -0.2) is 0 Å². The Morgan fingerprint density at radius 3 is 2.07 bits per heavy atom. The van der Waals surface area contributed by atoms with Crippen molar-refractivity contribution in [1.29, 1.82) is 0 Å². The average molecular weight is 402 g/mol. The van der Waals surface area contributed by atoms with Gasteiger partial charge >= 0.3 is 12.4 Å². The predicted molar refractivity (Wildman–Crippen MR) is 88.0 cm³/mol. The maximum Gasteiger partial charge on any atom is 0.416 e. The third-order valence-corrected chi connectivity index (χ3v) is 4.26. The van der Waals surface area contributed by atoms with E-state index in [0.29, 0.717) is 23.4 Å². The van der Waals surface area contributed by atoms with Gasteiger partial charge in [-0.05, 0) is 42.0 Å². The molecule has 0 saturated heterocycles. The fraction of sp³-hybridized carbons (Fsp3) is 0.222. The lowest BCUT2D eigenvalue weighted by Gasteiger charge is -2.14. The van der Waals surface area contributed by atoms with Crippen molar-refractivity contribution in [2.75, 3.05) is 17.3 Å². The maximum atomic E-state index is 12.9. The average Bonchev–Trinajstić information content (AvgIpc) is 2.86. The Hall–Kier alpha value is -3.04. The van der Waals surface area contributed by atoms with Crippen molar-refractivity contribution >= 4 is 23.2 Å². The van der Waals surface area contributed by atoms with Crippen LogP contribution in [0.2, 0.25) is 0 Å². The third kappa shape index (κ3) is 3.80. The highest BCUT2D eigenvalue weighted by molar-refractivity contribution is 6.06. The van der Waals surface area contributed by atoms with Crippen LogP contribution in [-0.2, 0) is 23.6 Å². The molecule has 0 unspecified atom stereocenters. The summed E-state index contributed by atoms with van der Waals surface area (Å²) in [5.74, 6) is -1.31. The van der Waals surface area contributed by atoms with Crippen molar-refractivity contribution in [3.63, 3.8) is 0 Å². The molecule has 0 saturated carbocycles. The van der Waals surface area contributed by atoms with Gasteiger partial charge in [-0.15, -0.1) is 0 Å². The molecule has 0 bridgehead atoms. The molecule has 0 radical (unpaired) electrons. The summed E-state index contributed by atoms with van der Waals surface area (Å²) in [6.07, 6.45) is -10.0. The van der Waals surface area contributed by atoms with Crippen LogP contribution in [0.5, 0.6) is 0 Å². The first-order valence-electron chi connectivity index (χ1n) is 7.86. The highest BCUT2D eigenvalue weighted by Crippen LogP contribution is 2.36. The number of nitrogens with one attached hydrogen (secondary N) is 1. The molecule has 0 fully saturated rings. The van der Waals surface area contributed by atoms with E-state index in [9.17, 15) is 35.9 Å². The van der Waals surface area contributed by atoms with Crippen molar-refractivity contribution in [3.8, 4) is 0 Å². The zero-order valence-electron chi connectivity index (χ0n) is 14.2. The number of halogens is 6. The predicted octanol–water partition coefficient (Wildman–Crippen LogP) is 4.50. The quantitative estimate of drug-likeness (QED) is 0.753. The smallest absolute Gasteiger partial charge is 0.322 e. The van der Waals surface area contributed by atoms with Crippen LogP contribution in [-0.4, -0.2) is 18.9 Å². The Kier molecular flexibility index (Phi) is 4.60. The van der Waals surface area contributed by atoms with E-state index in [1.165, 1.54) is 23.1 Å². The largest absolute Gasteiger partial charge is 0.416 e. The van der Waals surface area contributed by atoms with Gasteiger partial charge in [-0.3, -0.25) is 9.59 Å². The second-order valence-electron chi connectivity index (χ2n) is 6.22. The van der Waals surface area contributed by atoms with Crippen molar-refractivity contribution < 1.29 is 35.9 Å². The molecule has 1 heterocycles. The van der Waals surface area contributed by atoms with Crippen LogP contribution < -0.4 is 10.2 Å². The second-order valence-corrected chi connectivity index (χ2v) is 6.22. The summed E-state index contributed by atoms with van der Waals surface area (Å²) in [6.45, 7) is 0. The number of carbonyl (C=O) groups excluding carboxylic acids is 2. The maximum absolute atomic E-state index is 12.9. The van der Waals surface area contributed by atoms with Crippen molar-refractivity contribution in [2.24, 2.45) is 0 Å². The van der Waals surface area contributed by atoms with E-state index in [1.807, 2.05) is 0 Å². The van der Waals surface area contributed by atoms with E-state index in [2.05, 4.69) is 5.32 Å². The van der Waals surface area contributed by atoms with Gasteiger partial charge in [0, 0.05) is 24.0 Å². The van der Waals surface area contributed by atoms with Crippen LogP contribution in [0.15, 0.2) is 36.4 Å². The molecule has 0 spiro atoms. The van der Waals surface area contributed by atoms with Gasteiger partial charge in [0.05, 0.1) is 17.5 Å². The number of carbonyl (C=O) groups is 2. The second kappa shape index (κ2) is 6.54. The standard InChI is InChI=1S/C18H12F6N2O2/c1-26-14-3-2-13(6-9(14)7-15(26)27)25-16(28)10-4-11(17(19,20)21)8-12(5-10)18(22,23)24/h2-6,8H,7H2,1H3,(H,25,28). The molecule has 28 heavy (non-hydrogen) atoms. The minimum atomic E-state index is -5.05. The van der Waals surface area contributed by atoms with E-state index >= 15 is 0 Å². The fourth-order valence-electron chi connectivity index (χ4n) is 2.84. The molecule has 1 aliphatic rings. The van der Waals surface area contributed by atoms with Crippen molar-refractivity contribution in [2.45, 2.75) is 18.8 Å². The summed E-state index contributed by atoms with van der Waals surface area (Å²) in [5, 5.41) is 2.27. The molecular formula is C18H12F6N2O2. The van der Waals surface area contributed by atoms with E-state index in [1.54, 1.807) is 7.05 Å². The molecular weight excluding hydrogens is 390 g/mol. The molecule has 3 rings (SSSR count). The Labute approximate surface area is 154 Å². The molecule has 0 aliphatic carbocycles. The summed E-state index contributed by atoms with van der Waals surface area (Å²) in [6, 6.07) is 5.05. The molecule has 2 amide bonds. The number of hydrogen-bond donors (Lipinski definition) is 1. The lowest BCUT2D eigenvalue weighted by atomic mass is 10.0. The summed E-state index contributed by atoms with van der Waals surface area (Å²) >= 11 is 0. The SMILES string of the molecule is CN1C(=O)Cc2cc(NC(=O)c3cc(C(F)(F)F)cc(C(F)(F)F)c3)ccc21. The minimum Gasteiger partial charge on any atom is -0.322 e. The first kappa shape index (κ1) is 19.7. The molecule has 0 aromatic heterocycles. The van der Waals surface area contributed by atoms with Crippen LogP contribution in [0, 0.1) is 0 Å². The Balaban J connectivity index is 1.93. The first-order chi connectivity index (χ1) is 12.9. The molecule has 2 aromatic rings. The summed E-state index contributed by atoms with van der Waals surface area (Å²) in [4.78, 5) is 25.4. The fourth-order valence-corrected chi connectivity index (χ4v) is 2.84. The number of amides is 2. The normalized spacial score (nSPS) is 14.2. The molecule has 1 aliphatic heterocycles. The van der Waals surface area contributed by atoms with Gasteiger partial charge in [0.2, 0.25) is 5.91 Å². The minimum absolute atomic E-state index is 0.0480. The van der Waals surface area contributed by atoms with Gasteiger partial charge in [0.1, 0.15) is 0 Å². The number of nitrogens with zero attached hydrogens (tertiary/aromatic N) is 1. The molecule has 4 nitrogen and oxygen atoms in total. The lowest BCUT2D eigenvalue weighted by molar-refractivity contribution is -0.143. The van der Waals surface area contributed by atoms with Gasteiger partial charge in [0.15, 0.2) is 0 Å². The number of rotatable bonds is 2. The van der Waals surface area contributed by atoms with E-state index < -0.39 is 35.0 Å². The van der Waals surface area contributed by atoms with Gasteiger partial charge in [-0.1, -0.05) is 0 Å². The number of likely N-dealkylation sites (N-methyl/N-ethyl adjacent to an activating group) is 1. The van der Waals surface area contributed by atoms with Gasteiger partial charge in [-0.2, -0.15) is 26.3 Å². The number of benzene rings is 2. The Morgan fingerprint density at radius 1 is 0.964 bits per heavy atom. The molecule has 148 valence electrons. The number of alkyl halides is 6. The van der Waals surface area contributed by atoms with Gasteiger partial charge < -0.3 is 10.2 Å². The van der Waals surface area contributed by atoms with E-state index in [0.717, 1.165) is 0 Å². The third-order valence-electron chi connectivity index (χ3n) is 4.26. The van der Waals surface area contributed by atoms with Gasteiger partial charge in [0.25, 0.3) is 5.91 Å². The molecule has 10 heteroatoms. The summed E-state index contributed by atoms with van der Waals surface area (Å²) in [7, 11) is 1.56. The lowest BCUT2D eigenvalue weighted by Crippen LogP contribution is -2.20. The molecule has 0 atom stereocenters. The van der Waals surface area contributed by atoms with Crippen LogP contribution >= 0.6 is 0 Å². The topological polar surface area (TPSA) is 49.4 Å². The van der Waals surface area contributed by atoms with Crippen LogP contribution in [0.4, 0.5) is 37.7 Å². The zero-order chi connectivity index (χ0) is 20.9. The monoisotopic (exact) mass is 402 g/mol. The number of fused-ring (bicyclic) bond motifs is 1. The van der Waals surface area contributed by atoms with Crippen LogP contribution in [0.3, 0.4) is 0 Å². The summed E-state index contributed by atoms with van der Waals surface area (Å²) < 4.78 is 77.5. The number of hydrogen-bond acceptors (Lipinski definition) is 2. The highest BCUT2D eigenvalue weighted by atomic mass is 19.4. The molecule has 2 aromatic carbocycles. The van der Waals surface area contributed by atoms with Crippen LogP contribution in [0.1, 0.15) is 27.0 Å². The van der Waals surface area contributed by atoms with Crippen molar-refractivity contribution in [1.82, 2.24) is 0 Å². The Morgan fingerprint density at radius 2 is 1.54 bits per heavy atom. The van der Waals surface area contributed by atoms with E-state index in [4.69, 9.17) is 0 Å². The number of anilines is 2.